The van der Waals surface area contributed by atoms with Gasteiger partial charge >= 0.3 is 0 Å². The van der Waals surface area contributed by atoms with E-state index in [0.717, 1.165) is 30.3 Å². The van der Waals surface area contributed by atoms with Gasteiger partial charge < -0.3 is 10.6 Å². The predicted octanol–water partition coefficient (Wildman–Crippen LogP) is 3.45. The molecule has 16 heavy (non-hydrogen) atoms. The van der Waals surface area contributed by atoms with Gasteiger partial charge in [-0.3, -0.25) is 0 Å². The van der Waals surface area contributed by atoms with Crippen LogP contribution >= 0.6 is 0 Å². The van der Waals surface area contributed by atoms with Gasteiger partial charge in [-0.2, -0.15) is 0 Å². The minimum atomic E-state index is 0.725. The maximum atomic E-state index is 5.95. The molecule has 1 rings (SSSR count). The van der Waals surface area contributed by atoms with E-state index in [-0.39, 0.29) is 0 Å². The van der Waals surface area contributed by atoms with E-state index in [2.05, 4.69) is 43.9 Å². The highest BCUT2D eigenvalue weighted by atomic mass is 15.1. The van der Waals surface area contributed by atoms with Crippen LogP contribution in [0.2, 0.25) is 0 Å². The number of aryl methyl sites for hydroxylation is 1. The van der Waals surface area contributed by atoms with Crippen LogP contribution in [0.3, 0.4) is 0 Å². The molecule has 2 nitrogen and oxygen atoms in total. The SMILES string of the molecule is CCC(C)CN(CC)c1ccc(C)c(N)c1. The lowest BCUT2D eigenvalue weighted by Crippen LogP contribution is -2.28. The minimum absolute atomic E-state index is 0.725. The highest BCUT2D eigenvalue weighted by molar-refractivity contribution is 5.59. The van der Waals surface area contributed by atoms with Crippen LogP contribution in [0.5, 0.6) is 0 Å². The van der Waals surface area contributed by atoms with Gasteiger partial charge in [0, 0.05) is 24.5 Å². The van der Waals surface area contributed by atoms with E-state index in [1.807, 2.05) is 6.92 Å². The molecule has 0 bridgehead atoms. The third-order valence-corrected chi connectivity index (χ3v) is 3.24. The summed E-state index contributed by atoms with van der Waals surface area (Å²) in [6.07, 6.45) is 1.22. The molecule has 2 N–H and O–H groups in total. The predicted molar refractivity (Wildman–Crippen MR) is 72.9 cm³/mol. The lowest BCUT2D eigenvalue weighted by Gasteiger charge is -2.26. The summed E-state index contributed by atoms with van der Waals surface area (Å²) in [5, 5.41) is 0. The molecule has 0 aliphatic carbocycles. The van der Waals surface area contributed by atoms with Crippen LogP contribution in [0, 0.1) is 12.8 Å². The van der Waals surface area contributed by atoms with E-state index in [1.165, 1.54) is 12.1 Å². The first-order valence-corrected chi connectivity index (χ1v) is 6.19. The molecule has 0 heterocycles. The average Bonchev–Trinajstić information content (AvgIpc) is 2.29. The highest BCUT2D eigenvalue weighted by Crippen LogP contribution is 2.22. The van der Waals surface area contributed by atoms with Crippen molar-refractivity contribution in [2.24, 2.45) is 5.92 Å². The number of rotatable bonds is 5. The lowest BCUT2D eigenvalue weighted by molar-refractivity contribution is 0.548. The van der Waals surface area contributed by atoms with Gasteiger partial charge in [0.25, 0.3) is 0 Å². The van der Waals surface area contributed by atoms with Crippen molar-refractivity contribution in [1.29, 1.82) is 0 Å². The zero-order chi connectivity index (χ0) is 12.1. The minimum Gasteiger partial charge on any atom is -0.398 e. The smallest absolute Gasteiger partial charge is 0.0387 e. The Kier molecular flexibility index (Phi) is 4.66. The van der Waals surface area contributed by atoms with Crippen LogP contribution in [0.25, 0.3) is 0 Å². The summed E-state index contributed by atoms with van der Waals surface area (Å²) in [5.41, 5.74) is 9.24. The van der Waals surface area contributed by atoms with Gasteiger partial charge in [-0.1, -0.05) is 26.3 Å². The average molecular weight is 220 g/mol. The summed E-state index contributed by atoms with van der Waals surface area (Å²) in [5.74, 6) is 0.725. The molecular weight excluding hydrogens is 196 g/mol. The summed E-state index contributed by atoms with van der Waals surface area (Å²) in [6, 6.07) is 6.35. The standard InChI is InChI=1S/C14H24N2/c1-5-11(3)10-16(6-2)13-8-7-12(4)14(15)9-13/h7-9,11H,5-6,10,15H2,1-4H3. The van der Waals surface area contributed by atoms with E-state index in [9.17, 15) is 0 Å². The van der Waals surface area contributed by atoms with Gasteiger partial charge in [-0.25, -0.2) is 0 Å². The third kappa shape index (κ3) is 3.16. The number of nitrogens with zero attached hydrogens (tertiary/aromatic N) is 1. The summed E-state index contributed by atoms with van der Waals surface area (Å²) in [4.78, 5) is 2.39. The number of anilines is 2. The van der Waals surface area contributed by atoms with E-state index < -0.39 is 0 Å². The van der Waals surface area contributed by atoms with Gasteiger partial charge in [-0.15, -0.1) is 0 Å². The van der Waals surface area contributed by atoms with Crippen LogP contribution in [-0.2, 0) is 0 Å². The maximum absolute atomic E-state index is 5.95. The van der Waals surface area contributed by atoms with Crippen LogP contribution in [0.4, 0.5) is 11.4 Å². The van der Waals surface area contributed by atoms with E-state index in [1.54, 1.807) is 0 Å². The summed E-state index contributed by atoms with van der Waals surface area (Å²) in [7, 11) is 0. The Bertz CT molecular complexity index is 334. The molecule has 2 heteroatoms. The fraction of sp³-hybridized carbons (Fsp3) is 0.571. The Morgan fingerprint density at radius 1 is 1.31 bits per heavy atom. The monoisotopic (exact) mass is 220 g/mol. The maximum Gasteiger partial charge on any atom is 0.0387 e. The molecule has 1 unspecified atom stereocenters. The van der Waals surface area contributed by atoms with E-state index in [0.29, 0.717) is 0 Å². The number of nitrogen functional groups attached to an aromatic ring is 1. The molecule has 0 saturated heterocycles. The topological polar surface area (TPSA) is 29.3 Å². The Morgan fingerprint density at radius 3 is 2.50 bits per heavy atom. The number of hydrogen-bond donors (Lipinski definition) is 1. The highest BCUT2D eigenvalue weighted by Gasteiger charge is 2.08. The molecule has 1 aromatic rings. The molecule has 0 amide bonds. The molecule has 0 aromatic heterocycles. The molecular formula is C14H24N2. The second-order valence-corrected chi connectivity index (χ2v) is 4.59. The Balaban J connectivity index is 2.82. The molecule has 0 saturated carbocycles. The first kappa shape index (κ1) is 12.9. The van der Waals surface area contributed by atoms with Crippen molar-refractivity contribution in [3.8, 4) is 0 Å². The fourth-order valence-corrected chi connectivity index (χ4v) is 1.75. The van der Waals surface area contributed by atoms with Gasteiger partial charge in [0.2, 0.25) is 0 Å². The van der Waals surface area contributed by atoms with Crippen molar-refractivity contribution >= 4 is 11.4 Å². The van der Waals surface area contributed by atoms with Gasteiger partial charge in [0.15, 0.2) is 0 Å². The van der Waals surface area contributed by atoms with Crippen molar-refractivity contribution in [3.05, 3.63) is 23.8 Å². The largest absolute Gasteiger partial charge is 0.398 e. The second kappa shape index (κ2) is 5.78. The quantitative estimate of drug-likeness (QED) is 0.770. The van der Waals surface area contributed by atoms with Gasteiger partial charge in [0.1, 0.15) is 0 Å². The second-order valence-electron chi connectivity index (χ2n) is 4.59. The zero-order valence-corrected chi connectivity index (χ0v) is 11.0. The molecule has 0 fully saturated rings. The first-order chi connectivity index (χ1) is 7.58. The Hall–Kier alpha value is -1.18. The summed E-state index contributed by atoms with van der Waals surface area (Å²) < 4.78 is 0. The Labute approximate surface area is 99.5 Å². The number of nitrogens with two attached hydrogens (primary N) is 1. The van der Waals surface area contributed by atoms with Crippen LogP contribution in [0.15, 0.2) is 18.2 Å². The van der Waals surface area contributed by atoms with Crippen molar-refractivity contribution in [2.75, 3.05) is 23.7 Å². The van der Waals surface area contributed by atoms with E-state index in [4.69, 9.17) is 5.73 Å². The van der Waals surface area contributed by atoms with Crippen LogP contribution in [0.1, 0.15) is 32.8 Å². The zero-order valence-electron chi connectivity index (χ0n) is 11.0. The fourth-order valence-electron chi connectivity index (χ4n) is 1.75. The number of hydrogen-bond acceptors (Lipinski definition) is 2. The first-order valence-electron chi connectivity index (χ1n) is 6.19. The van der Waals surface area contributed by atoms with Gasteiger partial charge in [-0.05, 0) is 37.5 Å². The molecule has 0 radical (unpaired) electrons. The van der Waals surface area contributed by atoms with Gasteiger partial charge in [0.05, 0.1) is 0 Å². The van der Waals surface area contributed by atoms with Crippen molar-refractivity contribution in [1.82, 2.24) is 0 Å². The number of benzene rings is 1. The normalized spacial score (nSPS) is 12.5. The summed E-state index contributed by atoms with van der Waals surface area (Å²) >= 11 is 0. The van der Waals surface area contributed by atoms with Crippen molar-refractivity contribution in [3.63, 3.8) is 0 Å². The molecule has 1 aromatic carbocycles. The molecule has 0 spiro atoms. The Morgan fingerprint density at radius 2 is 2.00 bits per heavy atom. The van der Waals surface area contributed by atoms with Crippen LogP contribution in [-0.4, -0.2) is 13.1 Å². The lowest BCUT2D eigenvalue weighted by atomic mass is 10.1. The van der Waals surface area contributed by atoms with Crippen molar-refractivity contribution in [2.45, 2.75) is 34.1 Å². The van der Waals surface area contributed by atoms with E-state index >= 15 is 0 Å². The van der Waals surface area contributed by atoms with Crippen LogP contribution < -0.4 is 10.6 Å². The molecule has 0 aliphatic heterocycles. The summed E-state index contributed by atoms with van der Waals surface area (Å²) in [6.45, 7) is 10.9. The third-order valence-electron chi connectivity index (χ3n) is 3.24. The molecule has 1 atom stereocenters. The molecule has 0 aliphatic rings. The molecule has 90 valence electrons. The van der Waals surface area contributed by atoms with Crippen molar-refractivity contribution < 1.29 is 0 Å².